The normalized spacial score (nSPS) is 21.4. The van der Waals surface area contributed by atoms with E-state index in [-0.39, 0.29) is 6.54 Å². The monoisotopic (exact) mass is 367 g/mol. The number of ether oxygens (including phenoxy) is 1. The number of hydrogen-bond acceptors (Lipinski definition) is 4. The lowest BCUT2D eigenvalue weighted by molar-refractivity contribution is -0.130. The van der Waals surface area contributed by atoms with Crippen molar-refractivity contribution in [3.63, 3.8) is 0 Å². The van der Waals surface area contributed by atoms with Crippen molar-refractivity contribution in [1.82, 2.24) is 4.72 Å². The zero-order chi connectivity index (χ0) is 18.0. The van der Waals surface area contributed by atoms with Crippen molar-refractivity contribution in [2.75, 3.05) is 19.4 Å². The smallest absolute Gasteiger partial charge is 0.390 e. The van der Waals surface area contributed by atoms with Gasteiger partial charge in [0.2, 0.25) is 10.0 Å². The van der Waals surface area contributed by atoms with Gasteiger partial charge in [-0.1, -0.05) is 6.07 Å². The Bertz CT molecular complexity index is 690. The van der Waals surface area contributed by atoms with Gasteiger partial charge in [-0.2, -0.15) is 13.2 Å². The van der Waals surface area contributed by atoms with Crippen molar-refractivity contribution >= 4 is 10.0 Å². The van der Waals surface area contributed by atoms with E-state index in [1.807, 2.05) is 0 Å². The molecule has 1 aliphatic rings. The quantitative estimate of drug-likeness (QED) is 0.807. The van der Waals surface area contributed by atoms with E-state index in [1.54, 1.807) is 18.2 Å². The molecule has 0 amide bonds. The summed E-state index contributed by atoms with van der Waals surface area (Å²) in [7, 11) is -2.60. The summed E-state index contributed by atoms with van der Waals surface area (Å²) in [5.41, 5.74) is -0.0174. The predicted octanol–water partition coefficient (Wildman–Crippen LogP) is 2.09. The molecule has 0 bridgehead atoms. The summed E-state index contributed by atoms with van der Waals surface area (Å²) in [5, 5.41) is 10.8. The molecule has 24 heavy (non-hydrogen) atoms. The minimum Gasteiger partial charge on any atom is -0.497 e. The van der Waals surface area contributed by atoms with Crippen LogP contribution in [-0.2, 0) is 22.0 Å². The number of halogens is 3. The number of sulfonamides is 1. The van der Waals surface area contributed by atoms with Gasteiger partial charge >= 0.3 is 6.18 Å². The fraction of sp³-hybridized carbons (Fsp3) is 0.600. The van der Waals surface area contributed by atoms with Gasteiger partial charge in [0.1, 0.15) is 11.4 Å². The first-order chi connectivity index (χ1) is 11.0. The molecule has 1 aromatic carbocycles. The number of rotatable bonds is 6. The van der Waals surface area contributed by atoms with Crippen LogP contribution in [0.15, 0.2) is 18.2 Å². The van der Waals surface area contributed by atoms with Gasteiger partial charge in [-0.15, -0.1) is 0 Å². The van der Waals surface area contributed by atoms with Crippen LogP contribution in [0.3, 0.4) is 0 Å². The summed E-state index contributed by atoms with van der Waals surface area (Å²) < 4.78 is 67.2. The molecule has 2 N–H and O–H groups in total. The molecule has 1 atom stereocenters. The summed E-state index contributed by atoms with van der Waals surface area (Å²) in [5.74, 6) is -0.425. The average molecular weight is 367 g/mol. The van der Waals surface area contributed by atoms with Crippen molar-refractivity contribution in [3.05, 3.63) is 29.3 Å². The van der Waals surface area contributed by atoms with Gasteiger partial charge in [-0.05, 0) is 42.5 Å². The van der Waals surface area contributed by atoms with Crippen LogP contribution in [0.4, 0.5) is 13.2 Å². The second-order valence-electron chi connectivity index (χ2n) is 5.91. The molecule has 1 aromatic rings. The number of methoxy groups -OCH3 is 1. The fourth-order valence-corrected chi connectivity index (χ4v) is 3.90. The number of nitrogens with one attached hydrogen (secondary N) is 1. The molecule has 0 spiro atoms. The molecule has 0 aliphatic heterocycles. The van der Waals surface area contributed by atoms with Crippen LogP contribution in [0.2, 0.25) is 0 Å². The Labute approximate surface area is 138 Å². The summed E-state index contributed by atoms with van der Waals surface area (Å²) in [6.07, 6.45) is -4.28. The molecular weight excluding hydrogens is 347 g/mol. The first-order valence-electron chi connectivity index (χ1n) is 7.48. The van der Waals surface area contributed by atoms with E-state index < -0.39 is 34.0 Å². The van der Waals surface area contributed by atoms with Gasteiger partial charge in [0.05, 0.1) is 19.3 Å². The third-order valence-electron chi connectivity index (χ3n) is 4.09. The number of alkyl halides is 3. The highest BCUT2D eigenvalue weighted by molar-refractivity contribution is 7.89. The van der Waals surface area contributed by atoms with E-state index in [2.05, 4.69) is 4.72 Å². The molecule has 2 rings (SSSR count). The highest BCUT2D eigenvalue weighted by atomic mass is 32.2. The van der Waals surface area contributed by atoms with Crippen molar-refractivity contribution < 1.29 is 31.4 Å². The number of aryl methyl sites for hydroxylation is 1. The number of fused-ring (bicyclic) bond motifs is 1. The molecule has 136 valence electrons. The van der Waals surface area contributed by atoms with Gasteiger partial charge < -0.3 is 9.84 Å². The van der Waals surface area contributed by atoms with E-state index in [9.17, 15) is 26.7 Å². The maximum absolute atomic E-state index is 12.2. The molecule has 0 aromatic heterocycles. The van der Waals surface area contributed by atoms with E-state index in [1.165, 1.54) is 7.11 Å². The molecule has 1 aliphatic carbocycles. The van der Waals surface area contributed by atoms with Crippen molar-refractivity contribution in [2.24, 2.45) is 0 Å². The van der Waals surface area contributed by atoms with E-state index in [0.29, 0.717) is 24.2 Å². The zero-order valence-electron chi connectivity index (χ0n) is 13.2. The Morgan fingerprint density at radius 2 is 2.08 bits per heavy atom. The van der Waals surface area contributed by atoms with Crippen LogP contribution < -0.4 is 9.46 Å². The van der Waals surface area contributed by atoms with Gasteiger partial charge in [-0.25, -0.2) is 13.1 Å². The second-order valence-corrected chi connectivity index (χ2v) is 7.84. The molecule has 0 saturated carbocycles. The van der Waals surface area contributed by atoms with Crippen LogP contribution >= 0.6 is 0 Å². The van der Waals surface area contributed by atoms with Crippen LogP contribution in [0.5, 0.6) is 5.75 Å². The van der Waals surface area contributed by atoms with E-state index >= 15 is 0 Å². The lowest BCUT2D eigenvalue weighted by atomic mass is 9.79. The Morgan fingerprint density at radius 1 is 1.38 bits per heavy atom. The maximum Gasteiger partial charge on any atom is 0.390 e. The minimum atomic E-state index is -4.54. The summed E-state index contributed by atoms with van der Waals surface area (Å²) >= 11 is 0. The first kappa shape index (κ1) is 19.0. The SMILES string of the molecule is COc1ccc2c(c1)CCCC2(O)CNS(=O)(=O)CCC(F)(F)F. The van der Waals surface area contributed by atoms with Crippen LogP contribution in [0, 0.1) is 0 Å². The second kappa shape index (κ2) is 6.89. The average Bonchev–Trinajstić information content (AvgIpc) is 2.51. The molecule has 1 unspecified atom stereocenters. The number of aliphatic hydroxyl groups is 1. The lowest BCUT2D eigenvalue weighted by Gasteiger charge is -2.34. The fourth-order valence-electron chi connectivity index (χ4n) is 2.80. The van der Waals surface area contributed by atoms with Gasteiger partial charge in [0.25, 0.3) is 0 Å². The summed E-state index contributed by atoms with van der Waals surface area (Å²) in [4.78, 5) is 0. The first-order valence-corrected chi connectivity index (χ1v) is 9.14. The largest absolute Gasteiger partial charge is 0.497 e. The van der Waals surface area contributed by atoms with Crippen molar-refractivity contribution in [2.45, 2.75) is 37.5 Å². The predicted molar refractivity (Wildman–Crippen MR) is 82.3 cm³/mol. The molecule has 0 radical (unpaired) electrons. The van der Waals surface area contributed by atoms with Gasteiger partial charge in [0.15, 0.2) is 0 Å². The summed E-state index contributed by atoms with van der Waals surface area (Å²) in [6.45, 7) is -0.355. The zero-order valence-corrected chi connectivity index (χ0v) is 14.0. The molecule has 5 nitrogen and oxygen atoms in total. The van der Waals surface area contributed by atoms with Crippen LogP contribution in [0.25, 0.3) is 0 Å². The topological polar surface area (TPSA) is 75.6 Å². The maximum atomic E-state index is 12.2. The van der Waals surface area contributed by atoms with Crippen molar-refractivity contribution in [1.29, 1.82) is 0 Å². The molecular formula is C15H20F3NO4S. The third kappa shape index (κ3) is 4.84. The van der Waals surface area contributed by atoms with Gasteiger partial charge in [-0.3, -0.25) is 0 Å². The molecule has 0 fully saturated rings. The number of benzene rings is 1. The Balaban J connectivity index is 2.10. The Hall–Kier alpha value is -1.32. The van der Waals surface area contributed by atoms with Crippen LogP contribution in [-0.4, -0.2) is 39.1 Å². The van der Waals surface area contributed by atoms with E-state index in [0.717, 1.165) is 12.0 Å². The highest BCUT2D eigenvalue weighted by Gasteiger charge is 2.36. The van der Waals surface area contributed by atoms with E-state index in [4.69, 9.17) is 4.74 Å². The summed E-state index contributed by atoms with van der Waals surface area (Å²) in [6, 6.07) is 5.10. The van der Waals surface area contributed by atoms with Crippen molar-refractivity contribution in [3.8, 4) is 5.75 Å². The Morgan fingerprint density at radius 3 is 2.71 bits per heavy atom. The minimum absolute atomic E-state index is 0.327. The third-order valence-corrected chi connectivity index (χ3v) is 5.41. The highest BCUT2D eigenvalue weighted by Crippen LogP contribution is 2.36. The molecule has 0 saturated heterocycles. The molecule has 9 heteroatoms. The standard InChI is InChI=1S/C15H20F3NO4S/c1-23-12-4-5-13-11(9-12)3-2-6-14(13,20)10-19-24(21,22)8-7-15(16,17)18/h4-5,9,19-20H,2-3,6-8,10H2,1H3. The van der Waals surface area contributed by atoms with Crippen LogP contribution in [0.1, 0.15) is 30.4 Å². The lowest BCUT2D eigenvalue weighted by Crippen LogP contribution is -2.43. The molecule has 0 heterocycles. The Kier molecular flexibility index (Phi) is 5.46. The van der Waals surface area contributed by atoms with Gasteiger partial charge in [0, 0.05) is 6.54 Å². The number of hydrogen-bond donors (Lipinski definition) is 2.